The van der Waals surface area contributed by atoms with Gasteiger partial charge in [-0.2, -0.15) is 0 Å². The highest BCUT2D eigenvalue weighted by Crippen LogP contribution is 2.18. The molecule has 0 aliphatic carbocycles. The van der Waals surface area contributed by atoms with E-state index in [1.807, 2.05) is 0 Å². The van der Waals surface area contributed by atoms with E-state index in [0.29, 0.717) is 6.10 Å². The van der Waals surface area contributed by atoms with Crippen LogP contribution in [-0.4, -0.2) is 63.5 Å². The van der Waals surface area contributed by atoms with Crippen LogP contribution < -0.4 is 5.32 Å². The number of aliphatic imine (C=N–C) groups is 1. The molecule has 0 aromatic rings. The summed E-state index contributed by atoms with van der Waals surface area (Å²) in [5.74, 6) is 1.82. The maximum Gasteiger partial charge on any atom is 0.193 e. The highest BCUT2D eigenvalue weighted by Gasteiger charge is 2.17. The summed E-state index contributed by atoms with van der Waals surface area (Å²) in [6.45, 7) is 7.63. The van der Waals surface area contributed by atoms with Crippen LogP contribution in [0.15, 0.2) is 4.99 Å². The fourth-order valence-electron chi connectivity index (χ4n) is 2.96. The number of ether oxygens (including phenoxy) is 2. The third-order valence-electron chi connectivity index (χ3n) is 4.38. The molecule has 1 N–H and O–H groups in total. The van der Waals surface area contributed by atoms with E-state index in [9.17, 15) is 0 Å². The monoisotopic (exact) mass is 297 g/mol. The summed E-state index contributed by atoms with van der Waals surface area (Å²) in [5, 5.41) is 3.39. The van der Waals surface area contributed by atoms with Gasteiger partial charge in [0.1, 0.15) is 0 Å². The lowest BCUT2D eigenvalue weighted by molar-refractivity contribution is 0.0625. The molecule has 2 aliphatic rings. The first kappa shape index (κ1) is 16.6. The molecule has 0 aromatic heterocycles. The van der Waals surface area contributed by atoms with Gasteiger partial charge in [-0.25, -0.2) is 0 Å². The maximum atomic E-state index is 5.65. The summed E-state index contributed by atoms with van der Waals surface area (Å²) in [4.78, 5) is 7.00. The first-order valence-corrected chi connectivity index (χ1v) is 8.48. The molecular formula is C16H31N3O2. The molecule has 2 saturated heterocycles. The highest BCUT2D eigenvalue weighted by atomic mass is 16.5. The van der Waals surface area contributed by atoms with Gasteiger partial charge in [-0.1, -0.05) is 0 Å². The first-order valence-electron chi connectivity index (χ1n) is 8.48. The number of nitrogens with zero attached hydrogens (tertiary/aromatic N) is 2. The zero-order chi connectivity index (χ0) is 14.9. The Morgan fingerprint density at radius 3 is 2.71 bits per heavy atom. The minimum absolute atomic E-state index is 0.322. The normalized spacial score (nSPS) is 24.3. The van der Waals surface area contributed by atoms with E-state index in [-0.39, 0.29) is 0 Å². The third kappa shape index (κ3) is 5.83. The topological polar surface area (TPSA) is 46.1 Å². The van der Waals surface area contributed by atoms with Crippen molar-refractivity contribution < 1.29 is 9.47 Å². The molecule has 0 saturated carbocycles. The molecule has 2 aliphatic heterocycles. The molecule has 1 atom stereocenters. The minimum Gasteiger partial charge on any atom is -0.381 e. The number of hydrogen-bond acceptors (Lipinski definition) is 3. The highest BCUT2D eigenvalue weighted by molar-refractivity contribution is 5.79. The molecule has 1 unspecified atom stereocenters. The Balaban J connectivity index is 1.76. The van der Waals surface area contributed by atoms with E-state index < -0.39 is 0 Å². The number of rotatable bonds is 6. The summed E-state index contributed by atoms with van der Waals surface area (Å²) in [6.07, 6.45) is 6.28. The van der Waals surface area contributed by atoms with Crippen molar-refractivity contribution in [2.45, 2.75) is 45.1 Å². The molecular weight excluding hydrogens is 266 g/mol. The second-order valence-electron chi connectivity index (χ2n) is 6.10. The molecule has 2 heterocycles. The van der Waals surface area contributed by atoms with Gasteiger partial charge in [0.25, 0.3) is 0 Å². The van der Waals surface area contributed by atoms with Gasteiger partial charge in [0, 0.05) is 40.0 Å². The smallest absolute Gasteiger partial charge is 0.193 e. The van der Waals surface area contributed by atoms with Crippen molar-refractivity contribution in [1.29, 1.82) is 0 Å². The Morgan fingerprint density at radius 2 is 2.05 bits per heavy atom. The van der Waals surface area contributed by atoms with Crippen LogP contribution in [0.4, 0.5) is 0 Å². The summed E-state index contributed by atoms with van der Waals surface area (Å²) in [6, 6.07) is 0. The quantitative estimate of drug-likeness (QED) is 0.601. The van der Waals surface area contributed by atoms with Crippen molar-refractivity contribution in [3.05, 3.63) is 0 Å². The lowest BCUT2D eigenvalue weighted by Crippen LogP contribution is -2.40. The standard InChI is InChI=1S/C16H31N3O2/c1-3-17-16(18-13-15-5-4-10-21-15)19(2)9-6-14-7-11-20-12-8-14/h14-15H,3-13H2,1-2H3,(H,17,18). The van der Waals surface area contributed by atoms with E-state index >= 15 is 0 Å². The summed E-state index contributed by atoms with van der Waals surface area (Å²) >= 11 is 0. The van der Waals surface area contributed by atoms with Gasteiger partial charge in [0.15, 0.2) is 5.96 Å². The van der Waals surface area contributed by atoms with Gasteiger partial charge in [-0.15, -0.1) is 0 Å². The summed E-state index contributed by atoms with van der Waals surface area (Å²) < 4.78 is 11.1. The van der Waals surface area contributed by atoms with Crippen molar-refractivity contribution in [2.24, 2.45) is 10.9 Å². The lowest BCUT2D eigenvalue weighted by atomic mass is 9.96. The molecule has 0 spiro atoms. The fraction of sp³-hybridized carbons (Fsp3) is 0.938. The number of nitrogens with one attached hydrogen (secondary N) is 1. The van der Waals surface area contributed by atoms with Crippen molar-refractivity contribution in [3.63, 3.8) is 0 Å². The van der Waals surface area contributed by atoms with E-state index in [2.05, 4.69) is 24.2 Å². The van der Waals surface area contributed by atoms with Crippen LogP contribution in [0.2, 0.25) is 0 Å². The Kier molecular flexibility index (Phi) is 7.30. The third-order valence-corrected chi connectivity index (χ3v) is 4.38. The van der Waals surface area contributed by atoms with Gasteiger partial charge < -0.3 is 19.7 Å². The second-order valence-corrected chi connectivity index (χ2v) is 6.10. The van der Waals surface area contributed by atoms with E-state index in [1.54, 1.807) is 0 Å². The van der Waals surface area contributed by atoms with Crippen molar-refractivity contribution >= 4 is 5.96 Å². The van der Waals surface area contributed by atoms with Crippen molar-refractivity contribution in [3.8, 4) is 0 Å². The zero-order valence-electron chi connectivity index (χ0n) is 13.6. The maximum absolute atomic E-state index is 5.65. The predicted molar refractivity (Wildman–Crippen MR) is 85.7 cm³/mol. The van der Waals surface area contributed by atoms with Crippen molar-refractivity contribution in [1.82, 2.24) is 10.2 Å². The minimum atomic E-state index is 0.322. The van der Waals surface area contributed by atoms with Crippen LogP contribution >= 0.6 is 0 Å². The molecule has 2 rings (SSSR count). The molecule has 0 amide bonds. The Hall–Kier alpha value is -0.810. The van der Waals surface area contributed by atoms with Gasteiger partial charge >= 0.3 is 0 Å². The van der Waals surface area contributed by atoms with Crippen molar-refractivity contribution in [2.75, 3.05) is 46.5 Å². The average molecular weight is 297 g/mol. The molecule has 0 radical (unpaired) electrons. The van der Waals surface area contributed by atoms with Crippen LogP contribution in [0.5, 0.6) is 0 Å². The van der Waals surface area contributed by atoms with Crippen LogP contribution in [0.25, 0.3) is 0 Å². The summed E-state index contributed by atoms with van der Waals surface area (Å²) in [5.41, 5.74) is 0. The lowest BCUT2D eigenvalue weighted by Gasteiger charge is -2.27. The van der Waals surface area contributed by atoms with Gasteiger partial charge in [0.05, 0.1) is 12.6 Å². The number of guanidine groups is 1. The number of hydrogen-bond donors (Lipinski definition) is 1. The van der Waals surface area contributed by atoms with Gasteiger partial charge in [-0.05, 0) is 44.9 Å². The molecule has 5 nitrogen and oxygen atoms in total. The molecule has 5 heteroatoms. The van der Waals surface area contributed by atoms with E-state index in [1.165, 1.54) is 25.7 Å². The Morgan fingerprint density at radius 1 is 1.24 bits per heavy atom. The Labute approximate surface area is 129 Å². The summed E-state index contributed by atoms with van der Waals surface area (Å²) in [7, 11) is 2.14. The largest absolute Gasteiger partial charge is 0.381 e. The van der Waals surface area contributed by atoms with Gasteiger partial charge in [-0.3, -0.25) is 4.99 Å². The molecule has 21 heavy (non-hydrogen) atoms. The fourth-order valence-corrected chi connectivity index (χ4v) is 2.96. The van der Waals surface area contributed by atoms with E-state index in [0.717, 1.165) is 57.8 Å². The van der Waals surface area contributed by atoms with Crippen LogP contribution in [-0.2, 0) is 9.47 Å². The SMILES string of the molecule is CCNC(=NCC1CCCO1)N(C)CCC1CCOCC1. The molecule has 0 aromatic carbocycles. The van der Waals surface area contributed by atoms with Crippen LogP contribution in [0.1, 0.15) is 39.0 Å². The second kappa shape index (κ2) is 9.26. The van der Waals surface area contributed by atoms with Gasteiger partial charge in [0.2, 0.25) is 0 Å². The van der Waals surface area contributed by atoms with E-state index in [4.69, 9.17) is 14.5 Å². The zero-order valence-corrected chi connectivity index (χ0v) is 13.6. The predicted octanol–water partition coefficient (Wildman–Crippen LogP) is 1.88. The van der Waals surface area contributed by atoms with Crippen LogP contribution in [0, 0.1) is 5.92 Å². The molecule has 2 fully saturated rings. The average Bonchev–Trinajstić information content (AvgIpc) is 3.03. The van der Waals surface area contributed by atoms with Crippen LogP contribution in [0.3, 0.4) is 0 Å². The Bertz CT molecular complexity index is 311. The molecule has 0 bridgehead atoms. The molecule has 122 valence electrons. The first-order chi connectivity index (χ1) is 10.3.